The average molecular weight is 537 g/mol. The average Bonchev–Trinajstić information content (AvgIpc) is 2.63. The summed E-state index contributed by atoms with van der Waals surface area (Å²) in [7, 11) is 0. The molecule has 1 aliphatic heterocycles. The summed E-state index contributed by atoms with van der Waals surface area (Å²) in [6.45, 7) is 1.61. The van der Waals surface area contributed by atoms with Gasteiger partial charge in [0.25, 0.3) is 17.7 Å². The Hall–Kier alpha value is -2.98. The number of hydrogen-bond donors (Lipinski definition) is 3. The highest BCUT2D eigenvalue weighted by Gasteiger charge is 2.28. The molecule has 5 amide bonds. The minimum absolute atomic E-state index is 0.252. The molecule has 0 unspecified atom stereocenters. The van der Waals surface area contributed by atoms with Crippen LogP contribution in [0, 0.1) is 6.92 Å². The van der Waals surface area contributed by atoms with Gasteiger partial charge in [-0.15, -0.1) is 0 Å². The summed E-state index contributed by atoms with van der Waals surface area (Å²) in [6.07, 6.45) is 1.28. The van der Waals surface area contributed by atoms with Crippen molar-refractivity contribution in [3.05, 3.63) is 62.0 Å². The van der Waals surface area contributed by atoms with Gasteiger partial charge in [0.2, 0.25) is 0 Å². The molecule has 1 fully saturated rings. The van der Waals surface area contributed by atoms with Crippen LogP contribution in [-0.2, 0) is 14.4 Å². The second-order valence-electron chi connectivity index (χ2n) is 6.31. The van der Waals surface area contributed by atoms with Crippen molar-refractivity contribution in [2.24, 2.45) is 0 Å². The predicted molar refractivity (Wildman–Crippen MR) is 117 cm³/mol. The van der Waals surface area contributed by atoms with Crippen molar-refractivity contribution in [2.45, 2.75) is 6.92 Å². The first-order chi connectivity index (χ1) is 14.2. The largest absolute Gasteiger partial charge is 0.482 e. The molecule has 0 radical (unpaired) electrons. The summed E-state index contributed by atoms with van der Waals surface area (Å²) in [5, 5.41) is 6.74. The fourth-order valence-electron chi connectivity index (χ4n) is 2.66. The van der Waals surface area contributed by atoms with Crippen LogP contribution in [0.25, 0.3) is 6.08 Å². The normalized spacial score (nSPS) is 13.4. The van der Waals surface area contributed by atoms with Crippen LogP contribution in [0.2, 0.25) is 0 Å². The van der Waals surface area contributed by atoms with Gasteiger partial charge in [0.1, 0.15) is 11.3 Å². The summed E-state index contributed by atoms with van der Waals surface area (Å²) < 4.78 is 6.81. The molecule has 0 bridgehead atoms. The van der Waals surface area contributed by atoms with Crippen LogP contribution < -0.4 is 20.7 Å². The van der Waals surface area contributed by atoms with E-state index in [1.54, 1.807) is 18.2 Å². The summed E-state index contributed by atoms with van der Waals surface area (Å²) in [5.74, 6) is -1.79. The highest BCUT2D eigenvalue weighted by Crippen LogP contribution is 2.34. The molecule has 1 aliphatic rings. The van der Waals surface area contributed by atoms with Crippen molar-refractivity contribution in [1.82, 2.24) is 10.6 Å². The van der Waals surface area contributed by atoms with Crippen LogP contribution >= 0.6 is 31.9 Å². The zero-order valence-electron chi connectivity index (χ0n) is 15.5. The van der Waals surface area contributed by atoms with Crippen LogP contribution in [0.4, 0.5) is 10.5 Å². The van der Waals surface area contributed by atoms with Crippen LogP contribution in [0.5, 0.6) is 5.75 Å². The van der Waals surface area contributed by atoms with Gasteiger partial charge in [-0.1, -0.05) is 28.1 Å². The van der Waals surface area contributed by atoms with Gasteiger partial charge in [-0.3, -0.25) is 25.0 Å². The van der Waals surface area contributed by atoms with E-state index in [0.29, 0.717) is 20.2 Å². The third-order valence-electron chi connectivity index (χ3n) is 3.93. The van der Waals surface area contributed by atoms with Crippen molar-refractivity contribution in [1.29, 1.82) is 0 Å². The summed E-state index contributed by atoms with van der Waals surface area (Å²) in [4.78, 5) is 47.5. The lowest BCUT2D eigenvalue weighted by atomic mass is 10.1. The van der Waals surface area contributed by atoms with Crippen molar-refractivity contribution in [3.63, 3.8) is 0 Å². The number of rotatable bonds is 5. The van der Waals surface area contributed by atoms with Gasteiger partial charge in [0, 0.05) is 15.7 Å². The van der Waals surface area contributed by atoms with E-state index in [4.69, 9.17) is 4.74 Å². The number of hydrogen-bond acceptors (Lipinski definition) is 5. The Bertz CT molecular complexity index is 1080. The first-order valence-corrected chi connectivity index (χ1v) is 10.2. The molecule has 30 heavy (non-hydrogen) atoms. The number of carbonyl (C=O) groups is 4. The second-order valence-corrected chi connectivity index (χ2v) is 8.08. The Kier molecular flexibility index (Phi) is 6.68. The highest BCUT2D eigenvalue weighted by molar-refractivity contribution is 9.11. The van der Waals surface area contributed by atoms with Gasteiger partial charge in [0.15, 0.2) is 6.61 Å². The summed E-state index contributed by atoms with van der Waals surface area (Å²) in [6, 6.07) is 9.75. The monoisotopic (exact) mass is 535 g/mol. The Morgan fingerprint density at radius 2 is 1.80 bits per heavy atom. The quantitative estimate of drug-likeness (QED) is 0.401. The van der Waals surface area contributed by atoms with Crippen molar-refractivity contribution < 1.29 is 23.9 Å². The fourth-order valence-corrected chi connectivity index (χ4v) is 4.03. The smallest absolute Gasteiger partial charge is 0.328 e. The lowest BCUT2D eigenvalue weighted by molar-refractivity contribution is -0.124. The van der Waals surface area contributed by atoms with Crippen molar-refractivity contribution in [3.8, 4) is 5.75 Å². The number of nitrogens with one attached hydrogen (secondary N) is 3. The van der Waals surface area contributed by atoms with Crippen LogP contribution in [0.15, 0.2) is 50.9 Å². The number of carbonyl (C=O) groups excluding carboxylic acids is 4. The van der Waals surface area contributed by atoms with E-state index >= 15 is 0 Å². The summed E-state index contributed by atoms with van der Waals surface area (Å²) >= 11 is 6.69. The van der Waals surface area contributed by atoms with Crippen LogP contribution in [0.3, 0.4) is 0 Å². The molecule has 10 heteroatoms. The predicted octanol–water partition coefficient (Wildman–Crippen LogP) is 3.29. The van der Waals surface area contributed by atoms with Crippen molar-refractivity contribution >= 4 is 67.4 Å². The lowest BCUT2D eigenvalue weighted by Gasteiger charge is -2.16. The minimum atomic E-state index is -0.887. The maximum absolute atomic E-state index is 12.3. The van der Waals surface area contributed by atoms with E-state index in [1.165, 1.54) is 6.08 Å². The SMILES string of the molecule is Cc1cccc(NC(=O)COc2c(Br)cc(Br)cc2C=C2C(=O)NC(=O)NC2=O)c1. The van der Waals surface area contributed by atoms with E-state index in [9.17, 15) is 19.2 Å². The van der Waals surface area contributed by atoms with Gasteiger partial charge >= 0.3 is 6.03 Å². The molecule has 0 aliphatic carbocycles. The van der Waals surface area contributed by atoms with Gasteiger partial charge in [0.05, 0.1) is 4.47 Å². The zero-order valence-corrected chi connectivity index (χ0v) is 18.7. The van der Waals surface area contributed by atoms with Gasteiger partial charge in [-0.05, 0) is 58.8 Å². The van der Waals surface area contributed by atoms with Gasteiger partial charge in [-0.2, -0.15) is 0 Å². The minimum Gasteiger partial charge on any atom is -0.482 e. The maximum atomic E-state index is 12.3. The van der Waals surface area contributed by atoms with Crippen molar-refractivity contribution in [2.75, 3.05) is 11.9 Å². The Morgan fingerprint density at radius 3 is 2.47 bits per heavy atom. The molecule has 0 spiro atoms. The molecule has 3 N–H and O–H groups in total. The zero-order chi connectivity index (χ0) is 21.8. The Labute approximate surface area is 188 Å². The molecule has 0 aromatic heterocycles. The number of benzene rings is 2. The molecule has 1 heterocycles. The third kappa shape index (κ3) is 5.33. The first-order valence-electron chi connectivity index (χ1n) is 8.59. The number of amides is 5. The molecule has 2 aromatic rings. The molecular weight excluding hydrogens is 522 g/mol. The second kappa shape index (κ2) is 9.23. The number of halogens is 2. The standard InChI is InChI=1S/C20H15Br2N3O5/c1-10-3-2-4-13(5-10)23-16(26)9-30-17-11(6-12(21)8-15(17)22)7-14-18(27)24-20(29)25-19(14)28/h2-8H,9H2,1H3,(H,23,26)(H2,24,25,27,28,29). The molecule has 0 saturated carbocycles. The molecular formula is C20H15Br2N3O5. The van der Waals surface area contributed by atoms with Crippen LogP contribution in [0.1, 0.15) is 11.1 Å². The number of urea groups is 1. The van der Waals surface area contributed by atoms with E-state index in [-0.39, 0.29) is 23.8 Å². The van der Waals surface area contributed by atoms with Gasteiger partial charge < -0.3 is 10.1 Å². The Balaban J connectivity index is 1.82. The van der Waals surface area contributed by atoms with Crippen LogP contribution in [-0.4, -0.2) is 30.4 Å². The van der Waals surface area contributed by atoms with E-state index in [1.807, 2.05) is 35.8 Å². The van der Waals surface area contributed by atoms with Gasteiger partial charge in [-0.25, -0.2) is 4.79 Å². The van der Waals surface area contributed by atoms with E-state index < -0.39 is 17.8 Å². The number of ether oxygens (including phenoxy) is 1. The fraction of sp³-hybridized carbons (Fsp3) is 0.100. The number of barbiturate groups is 1. The number of imide groups is 2. The maximum Gasteiger partial charge on any atom is 0.328 e. The molecule has 1 saturated heterocycles. The molecule has 3 rings (SSSR count). The Morgan fingerprint density at radius 1 is 1.10 bits per heavy atom. The highest BCUT2D eigenvalue weighted by atomic mass is 79.9. The first kappa shape index (κ1) is 21.7. The molecule has 8 nitrogen and oxygen atoms in total. The number of aryl methyl sites for hydroxylation is 1. The molecule has 2 aromatic carbocycles. The number of anilines is 1. The molecule has 154 valence electrons. The lowest BCUT2D eigenvalue weighted by Crippen LogP contribution is -2.51. The van der Waals surface area contributed by atoms with E-state index in [2.05, 4.69) is 37.2 Å². The topological polar surface area (TPSA) is 114 Å². The summed E-state index contributed by atoms with van der Waals surface area (Å²) in [5.41, 5.74) is 1.73. The van der Waals surface area contributed by atoms with E-state index in [0.717, 1.165) is 5.56 Å². The molecule has 0 atom stereocenters. The third-order valence-corrected chi connectivity index (χ3v) is 4.98.